The Kier molecular flexibility index (Phi) is 8.26. The highest BCUT2D eigenvalue weighted by Crippen LogP contribution is 2.30. The minimum Gasteiger partial charge on any atom is -0.399 e. The third-order valence-corrected chi connectivity index (χ3v) is 7.19. The lowest BCUT2D eigenvalue weighted by atomic mass is 9.88. The zero-order valence-electron chi connectivity index (χ0n) is 21.1. The highest BCUT2D eigenvalue weighted by molar-refractivity contribution is 5.44. The maximum Gasteiger partial charge on any atom is 0.0314 e. The van der Waals surface area contributed by atoms with Gasteiger partial charge in [0.25, 0.3) is 0 Å². The van der Waals surface area contributed by atoms with Gasteiger partial charge in [-0.15, -0.1) is 0 Å². The average Bonchev–Trinajstić information content (AvgIpc) is 2.89. The minimum atomic E-state index is 0.420. The third kappa shape index (κ3) is 6.33. The Morgan fingerprint density at radius 2 is 0.743 bits per heavy atom. The second-order valence-electron chi connectivity index (χ2n) is 9.59. The molecule has 0 amide bonds. The van der Waals surface area contributed by atoms with Gasteiger partial charge in [0.05, 0.1) is 0 Å². The van der Waals surface area contributed by atoms with Crippen LogP contribution in [0.5, 0.6) is 0 Å². The average molecular weight is 463 g/mol. The van der Waals surface area contributed by atoms with Gasteiger partial charge < -0.3 is 11.5 Å². The molecule has 180 valence electrons. The topological polar surface area (TPSA) is 52.0 Å². The van der Waals surface area contributed by atoms with Gasteiger partial charge in [0.15, 0.2) is 0 Å². The van der Waals surface area contributed by atoms with E-state index in [1.165, 1.54) is 33.4 Å². The van der Waals surface area contributed by atoms with Crippen molar-refractivity contribution in [3.63, 3.8) is 0 Å². The fraction of sp³-hybridized carbons (Fsp3) is 0.273. The monoisotopic (exact) mass is 462 g/mol. The van der Waals surface area contributed by atoms with E-state index in [-0.39, 0.29) is 0 Å². The van der Waals surface area contributed by atoms with Crippen LogP contribution in [0.3, 0.4) is 0 Å². The molecule has 2 heteroatoms. The van der Waals surface area contributed by atoms with E-state index < -0.39 is 0 Å². The second-order valence-corrected chi connectivity index (χ2v) is 9.59. The summed E-state index contributed by atoms with van der Waals surface area (Å²) in [6.45, 7) is 4.50. The molecule has 0 aliphatic heterocycles. The molecule has 2 atom stereocenters. The molecule has 0 bridgehead atoms. The first-order valence-corrected chi connectivity index (χ1v) is 13.0. The molecule has 0 saturated carbocycles. The van der Waals surface area contributed by atoms with Crippen molar-refractivity contribution in [2.75, 3.05) is 11.5 Å². The lowest BCUT2D eigenvalue weighted by molar-refractivity contribution is 0.771. The van der Waals surface area contributed by atoms with Crippen molar-refractivity contribution >= 4 is 11.4 Å². The van der Waals surface area contributed by atoms with Gasteiger partial charge in [-0.1, -0.05) is 86.6 Å². The van der Waals surface area contributed by atoms with Crippen LogP contribution in [0.4, 0.5) is 11.4 Å². The van der Waals surface area contributed by atoms with Crippen LogP contribution in [-0.4, -0.2) is 0 Å². The minimum absolute atomic E-state index is 0.420. The largest absolute Gasteiger partial charge is 0.399 e. The SMILES string of the molecule is CCC(c1ccc(N)cc1)c1ccc(CCCc2ccc(C(CC)c3ccc(N)cc3)cc2)cc1. The molecule has 2 nitrogen and oxygen atoms in total. The van der Waals surface area contributed by atoms with E-state index in [0.29, 0.717) is 11.8 Å². The number of aryl methyl sites for hydroxylation is 2. The molecule has 4 rings (SSSR count). The van der Waals surface area contributed by atoms with Gasteiger partial charge in [-0.2, -0.15) is 0 Å². The van der Waals surface area contributed by atoms with Crippen molar-refractivity contribution in [1.29, 1.82) is 0 Å². The predicted octanol–water partition coefficient (Wildman–Crippen LogP) is 8.11. The first kappa shape index (κ1) is 24.6. The number of nitrogen functional groups attached to an aromatic ring is 2. The number of benzene rings is 4. The Morgan fingerprint density at radius 1 is 0.457 bits per heavy atom. The molecule has 0 fully saturated rings. The Balaban J connectivity index is 1.32. The van der Waals surface area contributed by atoms with Crippen molar-refractivity contribution in [2.45, 2.75) is 57.8 Å². The number of anilines is 2. The van der Waals surface area contributed by atoms with Gasteiger partial charge in [0.1, 0.15) is 0 Å². The van der Waals surface area contributed by atoms with Crippen molar-refractivity contribution in [3.05, 3.63) is 130 Å². The lowest BCUT2D eigenvalue weighted by Crippen LogP contribution is -2.01. The van der Waals surface area contributed by atoms with Gasteiger partial charge in [-0.05, 0) is 89.8 Å². The molecule has 35 heavy (non-hydrogen) atoms. The molecule has 0 heterocycles. The Bertz CT molecular complexity index is 1080. The molecular weight excluding hydrogens is 424 g/mol. The first-order valence-electron chi connectivity index (χ1n) is 13.0. The molecule has 0 radical (unpaired) electrons. The van der Waals surface area contributed by atoms with Crippen molar-refractivity contribution in [1.82, 2.24) is 0 Å². The number of rotatable bonds is 10. The van der Waals surface area contributed by atoms with Gasteiger partial charge in [0, 0.05) is 23.2 Å². The number of nitrogens with two attached hydrogens (primary N) is 2. The summed E-state index contributed by atoms with van der Waals surface area (Å²) in [5.41, 5.74) is 21.6. The smallest absolute Gasteiger partial charge is 0.0314 e. The van der Waals surface area contributed by atoms with E-state index in [2.05, 4.69) is 86.6 Å². The fourth-order valence-electron chi connectivity index (χ4n) is 5.11. The van der Waals surface area contributed by atoms with Crippen molar-refractivity contribution < 1.29 is 0 Å². The van der Waals surface area contributed by atoms with E-state index in [4.69, 9.17) is 11.5 Å². The van der Waals surface area contributed by atoms with E-state index in [1.54, 1.807) is 0 Å². The summed E-state index contributed by atoms with van der Waals surface area (Å²) in [7, 11) is 0. The summed E-state index contributed by atoms with van der Waals surface area (Å²) in [4.78, 5) is 0. The molecule has 2 unspecified atom stereocenters. The highest BCUT2D eigenvalue weighted by atomic mass is 14.5. The maximum absolute atomic E-state index is 5.87. The van der Waals surface area contributed by atoms with E-state index in [1.807, 2.05) is 24.3 Å². The van der Waals surface area contributed by atoms with E-state index >= 15 is 0 Å². The summed E-state index contributed by atoms with van der Waals surface area (Å²) in [6, 6.07) is 35.0. The highest BCUT2D eigenvalue weighted by Gasteiger charge is 2.13. The Labute approximate surface area is 211 Å². The first-order chi connectivity index (χ1) is 17.1. The fourth-order valence-corrected chi connectivity index (χ4v) is 5.11. The standard InChI is InChI=1S/C33H38N2/c1-3-32(28-16-20-30(34)21-17-28)26-12-8-24(9-13-26)6-5-7-25-10-14-27(15-11-25)33(4-2)29-18-22-31(35)23-19-29/h8-23,32-33H,3-7,34-35H2,1-2H3. The van der Waals surface area contributed by atoms with Crippen LogP contribution in [0.2, 0.25) is 0 Å². The van der Waals surface area contributed by atoms with E-state index in [0.717, 1.165) is 43.5 Å². The van der Waals surface area contributed by atoms with Gasteiger partial charge in [-0.3, -0.25) is 0 Å². The molecule has 0 aromatic heterocycles. The molecule has 4 aromatic carbocycles. The Hall–Kier alpha value is -3.52. The third-order valence-electron chi connectivity index (χ3n) is 7.19. The van der Waals surface area contributed by atoms with Crippen LogP contribution in [0.25, 0.3) is 0 Å². The van der Waals surface area contributed by atoms with Gasteiger partial charge in [-0.25, -0.2) is 0 Å². The number of hydrogen-bond acceptors (Lipinski definition) is 2. The van der Waals surface area contributed by atoms with Gasteiger partial charge >= 0.3 is 0 Å². The van der Waals surface area contributed by atoms with Crippen LogP contribution in [0.1, 0.15) is 78.3 Å². The Morgan fingerprint density at radius 3 is 1.03 bits per heavy atom. The zero-order valence-corrected chi connectivity index (χ0v) is 21.1. The molecule has 0 aliphatic rings. The quantitative estimate of drug-likeness (QED) is 0.234. The molecule has 4 aromatic rings. The predicted molar refractivity (Wildman–Crippen MR) is 151 cm³/mol. The van der Waals surface area contributed by atoms with Crippen LogP contribution in [-0.2, 0) is 12.8 Å². The van der Waals surface area contributed by atoms with E-state index in [9.17, 15) is 0 Å². The van der Waals surface area contributed by atoms with Crippen LogP contribution in [0.15, 0.2) is 97.1 Å². The molecular formula is C33H38N2. The lowest BCUT2D eigenvalue weighted by Gasteiger charge is -2.17. The summed E-state index contributed by atoms with van der Waals surface area (Å²) in [5, 5.41) is 0. The maximum atomic E-state index is 5.87. The molecule has 0 spiro atoms. The summed E-state index contributed by atoms with van der Waals surface area (Å²) in [5.74, 6) is 0.840. The summed E-state index contributed by atoms with van der Waals surface area (Å²) in [6.07, 6.45) is 5.52. The summed E-state index contributed by atoms with van der Waals surface area (Å²) >= 11 is 0. The molecule has 0 saturated heterocycles. The summed E-state index contributed by atoms with van der Waals surface area (Å²) < 4.78 is 0. The number of hydrogen-bond donors (Lipinski definition) is 2. The van der Waals surface area contributed by atoms with Crippen LogP contribution >= 0.6 is 0 Å². The molecule has 0 aliphatic carbocycles. The van der Waals surface area contributed by atoms with Gasteiger partial charge in [0.2, 0.25) is 0 Å². The van der Waals surface area contributed by atoms with Crippen molar-refractivity contribution in [2.24, 2.45) is 0 Å². The van der Waals surface area contributed by atoms with Crippen LogP contribution < -0.4 is 11.5 Å². The second kappa shape index (κ2) is 11.8. The zero-order chi connectivity index (χ0) is 24.6. The molecule has 4 N–H and O–H groups in total. The van der Waals surface area contributed by atoms with Crippen LogP contribution in [0, 0.1) is 0 Å². The van der Waals surface area contributed by atoms with Crippen molar-refractivity contribution in [3.8, 4) is 0 Å². The normalized spacial score (nSPS) is 12.9.